The second-order valence-corrected chi connectivity index (χ2v) is 2.81. The zero-order valence-electron chi connectivity index (χ0n) is 6.82. The van der Waals surface area contributed by atoms with Gasteiger partial charge >= 0.3 is 0 Å². The normalized spacial score (nSPS) is 12.9. The van der Waals surface area contributed by atoms with Crippen LogP contribution in [0.25, 0.3) is 0 Å². The molecule has 0 aliphatic heterocycles. The molecule has 1 rings (SSSR count). The summed E-state index contributed by atoms with van der Waals surface area (Å²) in [5.41, 5.74) is 1.10. The molecule has 1 unspecified atom stereocenters. The molecule has 11 heavy (non-hydrogen) atoms. The van der Waals surface area contributed by atoms with Crippen molar-refractivity contribution < 1.29 is 4.79 Å². The zero-order chi connectivity index (χ0) is 8.27. The second-order valence-electron chi connectivity index (χ2n) is 2.81. The molecule has 3 heteroatoms. The van der Waals surface area contributed by atoms with Crippen molar-refractivity contribution in [2.45, 2.75) is 13.3 Å². The Morgan fingerprint density at radius 1 is 1.82 bits per heavy atom. The third-order valence-electron chi connectivity index (χ3n) is 1.68. The van der Waals surface area contributed by atoms with E-state index in [0.717, 1.165) is 18.4 Å². The predicted molar refractivity (Wildman–Crippen MR) is 42.1 cm³/mol. The van der Waals surface area contributed by atoms with Gasteiger partial charge in [0.1, 0.15) is 6.29 Å². The summed E-state index contributed by atoms with van der Waals surface area (Å²) in [6.45, 7) is 1.90. The molecule has 0 spiro atoms. The highest BCUT2D eigenvalue weighted by atomic mass is 16.1. The highest BCUT2D eigenvalue weighted by Crippen LogP contribution is 2.03. The van der Waals surface area contributed by atoms with E-state index in [1.165, 1.54) is 0 Å². The Kier molecular flexibility index (Phi) is 2.41. The van der Waals surface area contributed by atoms with E-state index in [0.29, 0.717) is 0 Å². The molecule has 0 saturated carbocycles. The van der Waals surface area contributed by atoms with Crippen LogP contribution in [0.2, 0.25) is 0 Å². The van der Waals surface area contributed by atoms with Gasteiger partial charge in [-0.15, -0.1) is 0 Å². The molecule has 0 N–H and O–H groups in total. The highest BCUT2D eigenvalue weighted by molar-refractivity contribution is 5.53. The van der Waals surface area contributed by atoms with Gasteiger partial charge in [-0.3, -0.25) is 0 Å². The lowest BCUT2D eigenvalue weighted by atomic mass is 10.1. The van der Waals surface area contributed by atoms with Crippen LogP contribution in [0, 0.1) is 5.92 Å². The molecule has 0 fully saturated rings. The molecule has 0 aliphatic rings. The summed E-state index contributed by atoms with van der Waals surface area (Å²) in [5, 5.41) is 0. The van der Waals surface area contributed by atoms with Crippen LogP contribution < -0.4 is 0 Å². The SMILES string of the molecule is CC(C=O)Cc1cncn1C. The summed E-state index contributed by atoms with van der Waals surface area (Å²) in [4.78, 5) is 14.3. The number of rotatable bonds is 3. The van der Waals surface area contributed by atoms with Crippen LogP contribution in [0.5, 0.6) is 0 Å². The first-order valence-electron chi connectivity index (χ1n) is 3.64. The minimum atomic E-state index is 0.0883. The van der Waals surface area contributed by atoms with E-state index in [1.807, 2.05) is 18.5 Å². The van der Waals surface area contributed by atoms with Crippen molar-refractivity contribution in [3.05, 3.63) is 18.2 Å². The van der Waals surface area contributed by atoms with Crippen molar-refractivity contribution in [3.63, 3.8) is 0 Å². The molecule has 0 aliphatic carbocycles. The lowest BCUT2D eigenvalue weighted by molar-refractivity contribution is -0.110. The summed E-state index contributed by atoms with van der Waals surface area (Å²) in [7, 11) is 1.93. The summed E-state index contributed by atoms with van der Waals surface area (Å²) >= 11 is 0. The Bertz CT molecular complexity index is 242. The van der Waals surface area contributed by atoms with Crippen molar-refractivity contribution in [1.82, 2.24) is 9.55 Å². The van der Waals surface area contributed by atoms with Crippen LogP contribution in [0.3, 0.4) is 0 Å². The molecule has 1 heterocycles. The van der Waals surface area contributed by atoms with Gasteiger partial charge in [0.2, 0.25) is 0 Å². The summed E-state index contributed by atoms with van der Waals surface area (Å²) < 4.78 is 1.93. The Hall–Kier alpha value is -1.12. The van der Waals surface area contributed by atoms with E-state index in [4.69, 9.17) is 0 Å². The summed E-state index contributed by atoms with van der Waals surface area (Å²) in [6.07, 6.45) is 5.28. The van der Waals surface area contributed by atoms with Crippen LogP contribution in [0.4, 0.5) is 0 Å². The Balaban J connectivity index is 2.63. The second kappa shape index (κ2) is 3.32. The first kappa shape index (κ1) is 7.98. The molecule has 1 aromatic rings. The van der Waals surface area contributed by atoms with Crippen molar-refractivity contribution in [2.24, 2.45) is 13.0 Å². The van der Waals surface area contributed by atoms with Gasteiger partial charge in [-0.25, -0.2) is 4.98 Å². The van der Waals surface area contributed by atoms with Crippen molar-refractivity contribution in [1.29, 1.82) is 0 Å². The van der Waals surface area contributed by atoms with Gasteiger partial charge in [0.05, 0.1) is 6.33 Å². The number of hydrogen-bond acceptors (Lipinski definition) is 2. The molecule has 0 aromatic carbocycles. The third-order valence-corrected chi connectivity index (χ3v) is 1.68. The largest absolute Gasteiger partial charge is 0.338 e. The van der Waals surface area contributed by atoms with Gasteiger partial charge in [-0.05, 0) is 6.42 Å². The minimum Gasteiger partial charge on any atom is -0.338 e. The molecule has 60 valence electrons. The van der Waals surface area contributed by atoms with E-state index in [2.05, 4.69) is 4.98 Å². The number of nitrogens with zero attached hydrogens (tertiary/aromatic N) is 2. The number of carbonyl (C=O) groups is 1. The molecule has 0 saturated heterocycles. The number of aromatic nitrogens is 2. The maximum atomic E-state index is 10.3. The molecular formula is C8H12N2O. The van der Waals surface area contributed by atoms with Gasteiger partial charge < -0.3 is 9.36 Å². The van der Waals surface area contributed by atoms with Gasteiger partial charge in [0, 0.05) is 24.9 Å². The van der Waals surface area contributed by atoms with Crippen LogP contribution in [0.1, 0.15) is 12.6 Å². The summed E-state index contributed by atoms with van der Waals surface area (Å²) in [5.74, 6) is 0.0883. The van der Waals surface area contributed by atoms with Gasteiger partial charge in [-0.2, -0.15) is 0 Å². The van der Waals surface area contributed by atoms with Crippen molar-refractivity contribution in [3.8, 4) is 0 Å². The number of aryl methyl sites for hydroxylation is 1. The standard InChI is InChI=1S/C8H12N2O/c1-7(5-11)3-8-4-9-6-10(8)2/h4-7H,3H2,1-2H3. The quantitative estimate of drug-likeness (QED) is 0.600. The Morgan fingerprint density at radius 3 is 3.00 bits per heavy atom. The van der Waals surface area contributed by atoms with Crippen LogP contribution in [-0.2, 0) is 18.3 Å². The van der Waals surface area contributed by atoms with Gasteiger partial charge in [0.15, 0.2) is 0 Å². The van der Waals surface area contributed by atoms with E-state index in [-0.39, 0.29) is 5.92 Å². The lowest BCUT2D eigenvalue weighted by Crippen LogP contribution is -2.04. The van der Waals surface area contributed by atoms with E-state index >= 15 is 0 Å². The zero-order valence-corrected chi connectivity index (χ0v) is 6.82. The number of aldehydes is 1. The van der Waals surface area contributed by atoms with Crippen LogP contribution in [-0.4, -0.2) is 15.8 Å². The van der Waals surface area contributed by atoms with E-state index < -0.39 is 0 Å². The maximum absolute atomic E-state index is 10.3. The average Bonchev–Trinajstić information content (AvgIpc) is 2.37. The fourth-order valence-electron chi connectivity index (χ4n) is 0.959. The Labute approximate surface area is 66.1 Å². The average molecular weight is 152 g/mol. The Morgan fingerprint density at radius 2 is 2.55 bits per heavy atom. The number of imidazole rings is 1. The molecule has 0 radical (unpaired) electrons. The fraction of sp³-hybridized carbons (Fsp3) is 0.500. The van der Waals surface area contributed by atoms with Crippen molar-refractivity contribution >= 4 is 6.29 Å². The molecule has 0 bridgehead atoms. The van der Waals surface area contributed by atoms with Gasteiger partial charge in [0.25, 0.3) is 0 Å². The van der Waals surface area contributed by atoms with Crippen LogP contribution >= 0.6 is 0 Å². The lowest BCUT2D eigenvalue weighted by Gasteiger charge is -2.02. The molecule has 1 aromatic heterocycles. The van der Waals surface area contributed by atoms with E-state index in [1.54, 1.807) is 12.5 Å². The fourth-order valence-corrected chi connectivity index (χ4v) is 0.959. The molecule has 1 atom stereocenters. The monoisotopic (exact) mass is 152 g/mol. The van der Waals surface area contributed by atoms with E-state index in [9.17, 15) is 4.79 Å². The third kappa shape index (κ3) is 1.90. The van der Waals surface area contributed by atoms with Crippen LogP contribution in [0.15, 0.2) is 12.5 Å². The predicted octanol–water partition coefficient (Wildman–Crippen LogP) is 0.798. The number of carbonyl (C=O) groups excluding carboxylic acids is 1. The first-order valence-corrected chi connectivity index (χ1v) is 3.64. The highest BCUT2D eigenvalue weighted by Gasteiger charge is 2.03. The number of hydrogen-bond donors (Lipinski definition) is 0. The van der Waals surface area contributed by atoms with Crippen molar-refractivity contribution in [2.75, 3.05) is 0 Å². The topological polar surface area (TPSA) is 34.9 Å². The molecular weight excluding hydrogens is 140 g/mol. The maximum Gasteiger partial charge on any atom is 0.123 e. The van der Waals surface area contributed by atoms with Gasteiger partial charge in [-0.1, -0.05) is 6.92 Å². The first-order chi connectivity index (χ1) is 5.24. The minimum absolute atomic E-state index is 0.0883. The smallest absolute Gasteiger partial charge is 0.123 e. The molecule has 0 amide bonds. The molecule has 3 nitrogen and oxygen atoms in total. The summed E-state index contributed by atoms with van der Waals surface area (Å²) in [6, 6.07) is 0.